The zero-order valence-corrected chi connectivity index (χ0v) is 10.9. The van der Waals surface area contributed by atoms with E-state index in [0.717, 1.165) is 12.3 Å². The molecule has 0 bridgehead atoms. The molecule has 0 spiro atoms. The highest BCUT2D eigenvalue weighted by atomic mass is 35.5. The zero-order valence-electron chi connectivity index (χ0n) is 10.1. The van der Waals surface area contributed by atoms with Crippen molar-refractivity contribution in [2.75, 3.05) is 6.61 Å². The predicted molar refractivity (Wildman–Crippen MR) is 71.4 cm³/mol. The Balaban J connectivity index is 2.04. The average Bonchev–Trinajstić information content (AvgIpc) is 2.31. The third kappa shape index (κ3) is 2.88. The van der Waals surface area contributed by atoms with Gasteiger partial charge in [0.1, 0.15) is 5.75 Å². The number of oxime groups is 1. The Morgan fingerprint density at radius 3 is 2.89 bits per heavy atom. The Labute approximate surface area is 111 Å². The minimum Gasteiger partial charge on any atom is -0.493 e. The summed E-state index contributed by atoms with van der Waals surface area (Å²) in [7, 11) is 0. The van der Waals surface area contributed by atoms with Crippen LogP contribution in [0.25, 0.3) is 0 Å². The van der Waals surface area contributed by atoms with Gasteiger partial charge in [-0.05, 0) is 24.5 Å². The van der Waals surface area contributed by atoms with Gasteiger partial charge in [-0.15, -0.1) is 0 Å². The summed E-state index contributed by atoms with van der Waals surface area (Å²) in [5.41, 5.74) is 6.05. The predicted octanol–water partition coefficient (Wildman–Crippen LogP) is 3.00. The van der Waals surface area contributed by atoms with Crippen LogP contribution in [-0.2, 0) is 0 Å². The Morgan fingerprint density at radius 2 is 2.28 bits per heavy atom. The summed E-state index contributed by atoms with van der Waals surface area (Å²) in [6, 6.07) is 5.25. The van der Waals surface area contributed by atoms with Crippen LogP contribution in [0.1, 0.15) is 31.2 Å². The molecule has 0 saturated heterocycles. The van der Waals surface area contributed by atoms with Gasteiger partial charge in [0, 0.05) is 0 Å². The molecule has 2 rings (SSSR count). The van der Waals surface area contributed by atoms with Crippen LogP contribution >= 0.6 is 11.6 Å². The third-order valence-electron chi connectivity index (χ3n) is 3.35. The summed E-state index contributed by atoms with van der Waals surface area (Å²) >= 11 is 6.03. The van der Waals surface area contributed by atoms with Crippen molar-refractivity contribution in [3.8, 4) is 5.75 Å². The van der Waals surface area contributed by atoms with Crippen molar-refractivity contribution >= 4 is 17.4 Å². The van der Waals surface area contributed by atoms with Crippen LogP contribution in [0, 0.1) is 5.92 Å². The SMILES string of the molecule is N/C(=N/O)c1c(Cl)cccc1OCCC1CCC1. The van der Waals surface area contributed by atoms with Crippen molar-refractivity contribution in [2.45, 2.75) is 25.7 Å². The van der Waals surface area contributed by atoms with E-state index >= 15 is 0 Å². The number of amidine groups is 1. The lowest BCUT2D eigenvalue weighted by atomic mass is 9.83. The molecule has 5 heteroatoms. The monoisotopic (exact) mass is 268 g/mol. The second-order valence-electron chi connectivity index (χ2n) is 4.53. The third-order valence-corrected chi connectivity index (χ3v) is 3.66. The summed E-state index contributed by atoms with van der Waals surface area (Å²) in [6.07, 6.45) is 4.97. The van der Waals surface area contributed by atoms with Crippen LogP contribution in [0.4, 0.5) is 0 Å². The molecule has 0 aromatic heterocycles. The standard InChI is InChI=1S/C13H17ClN2O2/c14-10-5-2-6-11(12(10)13(15)16-17)18-8-7-9-3-1-4-9/h2,5-6,9,17H,1,3-4,7-8H2,(H2,15,16). The highest BCUT2D eigenvalue weighted by Gasteiger charge is 2.18. The molecule has 0 unspecified atom stereocenters. The first-order chi connectivity index (χ1) is 8.72. The molecule has 3 N–H and O–H groups in total. The van der Waals surface area contributed by atoms with Crippen LogP contribution in [0.3, 0.4) is 0 Å². The molecule has 1 aliphatic carbocycles. The molecular weight excluding hydrogens is 252 g/mol. The van der Waals surface area contributed by atoms with Gasteiger partial charge in [-0.3, -0.25) is 0 Å². The molecule has 0 heterocycles. The van der Waals surface area contributed by atoms with E-state index in [1.54, 1.807) is 18.2 Å². The van der Waals surface area contributed by atoms with E-state index in [2.05, 4.69) is 5.16 Å². The minimum atomic E-state index is -0.0285. The molecule has 98 valence electrons. The molecule has 18 heavy (non-hydrogen) atoms. The smallest absolute Gasteiger partial charge is 0.175 e. The molecule has 1 aliphatic rings. The van der Waals surface area contributed by atoms with Gasteiger partial charge >= 0.3 is 0 Å². The lowest BCUT2D eigenvalue weighted by Crippen LogP contribution is -2.18. The normalized spacial score (nSPS) is 16.4. The summed E-state index contributed by atoms with van der Waals surface area (Å²) < 4.78 is 5.69. The van der Waals surface area contributed by atoms with Crippen molar-refractivity contribution < 1.29 is 9.94 Å². The van der Waals surface area contributed by atoms with E-state index in [9.17, 15) is 0 Å². The van der Waals surface area contributed by atoms with Crippen molar-refractivity contribution in [1.82, 2.24) is 0 Å². The first-order valence-electron chi connectivity index (χ1n) is 6.11. The van der Waals surface area contributed by atoms with Gasteiger partial charge < -0.3 is 15.7 Å². The number of hydrogen-bond acceptors (Lipinski definition) is 3. The van der Waals surface area contributed by atoms with E-state index in [0.29, 0.717) is 22.9 Å². The second kappa shape index (κ2) is 5.96. The van der Waals surface area contributed by atoms with Crippen molar-refractivity contribution in [3.05, 3.63) is 28.8 Å². The molecule has 1 aromatic carbocycles. The Hall–Kier alpha value is -1.42. The lowest BCUT2D eigenvalue weighted by molar-refractivity contribution is 0.221. The number of ether oxygens (including phenoxy) is 1. The Morgan fingerprint density at radius 1 is 1.50 bits per heavy atom. The maximum Gasteiger partial charge on any atom is 0.175 e. The van der Waals surface area contributed by atoms with Crippen LogP contribution in [0.5, 0.6) is 5.75 Å². The van der Waals surface area contributed by atoms with Gasteiger partial charge in [-0.2, -0.15) is 0 Å². The number of hydrogen-bond donors (Lipinski definition) is 2. The molecule has 1 saturated carbocycles. The molecule has 0 amide bonds. The van der Waals surface area contributed by atoms with E-state index < -0.39 is 0 Å². The largest absolute Gasteiger partial charge is 0.493 e. The zero-order chi connectivity index (χ0) is 13.0. The van der Waals surface area contributed by atoms with E-state index in [-0.39, 0.29) is 5.84 Å². The maximum absolute atomic E-state index is 8.75. The lowest BCUT2D eigenvalue weighted by Gasteiger charge is -2.25. The first-order valence-corrected chi connectivity index (χ1v) is 6.49. The van der Waals surface area contributed by atoms with Crippen molar-refractivity contribution in [1.29, 1.82) is 0 Å². The molecule has 1 aromatic rings. The minimum absolute atomic E-state index is 0.0285. The van der Waals surface area contributed by atoms with Crippen molar-refractivity contribution in [3.63, 3.8) is 0 Å². The van der Waals surface area contributed by atoms with Crippen LogP contribution < -0.4 is 10.5 Å². The van der Waals surface area contributed by atoms with E-state index in [1.165, 1.54) is 19.3 Å². The summed E-state index contributed by atoms with van der Waals surface area (Å²) in [5, 5.41) is 12.2. The van der Waals surface area contributed by atoms with E-state index in [1.807, 2.05) is 0 Å². The van der Waals surface area contributed by atoms with Gasteiger partial charge in [-0.1, -0.05) is 42.1 Å². The summed E-state index contributed by atoms with van der Waals surface area (Å²) in [6.45, 7) is 0.636. The van der Waals surface area contributed by atoms with E-state index in [4.69, 9.17) is 27.3 Å². The maximum atomic E-state index is 8.75. The number of nitrogens with two attached hydrogens (primary N) is 1. The molecule has 0 atom stereocenters. The molecular formula is C13H17ClN2O2. The van der Waals surface area contributed by atoms with Crippen molar-refractivity contribution in [2.24, 2.45) is 16.8 Å². The second-order valence-corrected chi connectivity index (χ2v) is 4.94. The first kappa shape index (κ1) is 13.0. The number of benzene rings is 1. The quantitative estimate of drug-likeness (QED) is 0.373. The van der Waals surface area contributed by atoms with Crippen LogP contribution in [0.2, 0.25) is 5.02 Å². The Bertz CT molecular complexity index is 445. The van der Waals surface area contributed by atoms with Gasteiger partial charge in [0.2, 0.25) is 0 Å². The molecule has 0 aliphatic heterocycles. The molecule has 1 fully saturated rings. The number of rotatable bonds is 5. The fourth-order valence-electron chi connectivity index (χ4n) is 2.04. The molecule has 0 radical (unpaired) electrons. The van der Waals surface area contributed by atoms with Gasteiger partial charge in [0.05, 0.1) is 17.2 Å². The summed E-state index contributed by atoms with van der Waals surface area (Å²) in [4.78, 5) is 0. The highest BCUT2D eigenvalue weighted by Crippen LogP contribution is 2.30. The van der Waals surface area contributed by atoms with Gasteiger partial charge in [0.25, 0.3) is 0 Å². The number of halogens is 1. The van der Waals surface area contributed by atoms with Crippen LogP contribution in [-0.4, -0.2) is 17.6 Å². The topological polar surface area (TPSA) is 67.8 Å². The summed E-state index contributed by atoms with van der Waals surface area (Å²) in [5.74, 6) is 1.33. The fourth-order valence-corrected chi connectivity index (χ4v) is 2.30. The van der Waals surface area contributed by atoms with Gasteiger partial charge in [0.15, 0.2) is 5.84 Å². The fraction of sp³-hybridized carbons (Fsp3) is 0.462. The molecule has 4 nitrogen and oxygen atoms in total. The van der Waals surface area contributed by atoms with Gasteiger partial charge in [-0.25, -0.2) is 0 Å². The number of nitrogens with zero attached hydrogens (tertiary/aromatic N) is 1. The Kier molecular flexibility index (Phi) is 4.31. The highest BCUT2D eigenvalue weighted by molar-refractivity contribution is 6.34. The van der Waals surface area contributed by atoms with Crippen LogP contribution in [0.15, 0.2) is 23.4 Å². The average molecular weight is 269 g/mol.